The van der Waals surface area contributed by atoms with Crippen LogP contribution >= 0.6 is 0 Å². The molecule has 2 heterocycles. The molecule has 7 nitrogen and oxygen atoms in total. The van der Waals surface area contributed by atoms with Crippen LogP contribution in [0.1, 0.15) is 46.0 Å². The molecule has 0 aliphatic heterocycles. The van der Waals surface area contributed by atoms with Gasteiger partial charge in [-0.1, -0.05) is 32.0 Å². The summed E-state index contributed by atoms with van der Waals surface area (Å²) in [5, 5.41) is 0.791. The van der Waals surface area contributed by atoms with E-state index in [0.717, 1.165) is 40.6 Å². The van der Waals surface area contributed by atoms with Gasteiger partial charge in [-0.2, -0.15) is 0 Å². The highest BCUT2D eigenvalue weighted by Crippen LogP contribution is 2.18. The van der Waals surface area contributed by atoms with Crippen LogP contribution in [0, 0.1) is 0 Å². The molecule has 0 aliphatic carbocycles. The van der Waals surface area contributed by atoms with Crippen molar-refractivity contribution in [1.29, 1.82) is 0 Å². The number of carbonyl (C=O) groups excluding carboxylic acids is 2. The lowest BCUT2D eigenvalue weighted by atomic mass is 10.1. The number of hydrogen-bond acceptors (Lipinski definition) is 4. The summed E-state index contributed by atoms with van der Waals surface area (Å²) >= 11 is 0. The zero-order valence-electron chi connectivity index (χ0n) is 16.2. The second-order valence-electron chi connectivity index (χ2n) is 6.68. The van der Waals surface area contributed by atoms with Crippen LogP contribution in [0.2, 0.25) is 0 Å². The first-order chi connectivity index (χ1) is 14.1. The number of amides is 2. The number of fused-ring (bicyclic) bond motifs is 2. The Balaban J connectivity index is 1.52. The van der Waals surface area contributed by atoms with Gasteiger partial charge in [0.2, 0.25) is 0 Å². The maximum atomic E-state index is 12.5. The molecule has 7 heteroatoms. The van der Waals surface area contributed by atoms with Gasteiger partial charge in [0.15, 0.2) is 0 Å². The van der Waals surface area contributed by atoms with Gasteiger partial charge in [-0.15, -0.1) is 0 Å². The van der Waals surface area contributed by atoms with Gasteiger partial charge >= 0.3 is 0 Å². The van der Waals surface area contributed by atoms with Crippen molar-refractivity contribution in [2.45, 2.75) is 26.7 Å². The molecule has 4 rings (SSSR count). The Morgan fingerprint density at radius 2 is 1.59 bits per heavy atom. The van der Waals surface area contributed by atoms with Gasteiger partial charge in [-0.3, -0.25) is 20.4 Å². The fraction of sp³-hybridized carbons (Fsp3) is 0.182. The van der Waals surface area contributed by atoms with Crippen LogP contribution in [-0.2, 0) is 12.8 Å². The van der Waals surface area contributed by atoms with E-state index in [0.29, 0.717) is 16.6 Å². The summed E-state index contributed by atoms with van der Waals surface area (Å²) in [6.45, 7) is 4.08. The van der Waals surface area contributed by atoms with Crippen molar-refractivity contribution >= 4 is 33.8 Å². The average molecular weight is 387 g/mol. The molecule has 2 aromatic carbocycles. The minimum Gasteiger partial charge on any atom is -0.360 e. The smallest absolute Gasteiger partial charge is 0.271 e. The molecular formula is C22H21N5O2. The predicted octanol–water partition coefficient (Wildman–Crippen LogP) is 3.31. The first-order valence-electron chi connectivity index (χ1n) is 9.57. The van der Waals surface area contributed by atoms with Crippen LogP contribution in [0.15, 0.2) is 48.7 Å². The first kappa shape index (κ1) is 18.6. The van der Waals surface area contributed by atoms with E-state index >= 15 is 0 Å². The number of nitrogens with zero attached hydrogens (tertiary/aromatic N) is 2. The Hall–Kier alpha value is -3.74. The fourth-order valence-electron chi connectivity index (χ4n) is 3.35. The summed E-state index contributed by atoms with van der Waals surface area (Å²) in [5.74, 6) is -0.809. The van der Waals surface area contributed by atoms with Crippen molar-refractivity contribution in [3.8, 4) is 0 Å². The number of hydrogen-bond donors (Lipinski definition) is 3. The number of rotatable bonds is 4. The molecule has 146 valence electrons. The predicted molar refractivity (Wildman–Crippen MR) is 112 cm³/mol. The first-order valence-corrected chi connectivity index (χ1v) is 9.57. The van der Waals surface area contributed by atoms with Crippen LogP contribution in [0.25, 0.3) is 21.9 Å². The Kier molecular flexibility index (Phi) is 4.95. The number of aromatic nitrogens is 3. The Morgan fingerprint density at radius 3 is 2.34 bits per heavy atom. The zero-order valence-corrected chi connectivity index (χ0v) is 16.2. The highest BCUT2D eigenvalue weighted by atomic mass is 16.2. The molecule has 29 heavy (non-hydrogen) atoms. The van der Waals surface area contributed by atoms with Crippen molar-refractivity contribution < 1.29 is 9.59 Å². The van der Waals surface area contributed by atoms with Crippen molar-refractivity contribution in [1.82, 2.24) is 25.8 Å². The third-order valence-corrected chi connectivity index (χ3v) is 4.87. The summed E-state index contributed by atoms with van der Waals surface area (Å²) in [6, 6.07) is 12.6. The summed E-state index contributed by atoms with van der Waals surface area (Å²) in [6.07, 6.45) is 3.22. The Labute approximate surface area is 167 Å². The number of benzene rings is 2. The molecule has 2 amide bonds. The molecule has 0 saturated carbocycles. The fourth-order valence-corrected chi connectivity index (χ4v) is 3.35. The van der Waals surface area contributed by atoms with Crippen LogP contribution in [0.5, 0.6) is 0 Å². The Morgan fingerprint density at radius 1 is 0.897 bits per heavy atom. The van der Waals surface area contributed by atoms with Gasteiger partial charge in [0.25, 0.3) is 11.8 Å². The minimum absolute atomic E-state index is 0.391. The SMILES string of the molecule is CCc1nc2ccc(C(=O)NNC(=O)c3c[nH]c4ccccc34)cc2nc1CC. The molecule has 0 unspecified atom stereocenters. The summed E-state index contributed by atoms with van der Waals surface area (Å²) in [4.78, 5) is 37.3. The molecule has 3 N–H and O–H groups in total. The highest BCUT2D eigenvalue weighted by Gasteiger charge is 2.14. The molecule has 0 fully saturated rings. The maximum Gasteiger partial charge on any atom is 0.271 e. The second kappa shape index (κ2) is 7.71. The van der Waals surface area contributed by atoms with Gasteiger partial charge in [0.1, 0.15) is 0 Å². The summed E-state index contributed by atoms with van der Waals surface area (Å²) < 4.78 is 0. The van der Waals surface area contributed by atoms with Gasteiger partial charge in [0, 0.05) is 22.7 Å². The Bertz CT molecular complexity index is 1230. The van der Waals surface area contributed by atoms with Crippen molar-refractivity contribution in [3.63, 3.8) is 0 Å². The number of para-hydroxylation sites is 1. The minimum atomic E-state index is -0.417. The van der Waals surface area contributed by atoms with Crippen LogP contribution in [0.3, 0.4) is 0 Å². The molecule has 0 spiro atoms. The van der Waals surface area contributed by atoms with Crippen LogP contribution in [0.4, 0.5) is 0 Å². The number of aromatic amines is 1. The highest BCUT2D eigenvalue weighted by molar-refractivity contribution is 6.07. The normalized spacial score (nSPS) is 11.0. The van der Waals surface area contributed by atoms with Crippen molar-refractivity contribution in [2.75, 3.05) is 0 Å². The van der Waals surface area contributed by atoms with Crippen LogP contribution in [-0.4, -0.2) is 26.8 Å². The standard InChI is InChI=1S/C22H21N5O2/c1-3-16-17(4-2)25-20-11-13(9-10-19(20)24-16)21(28)26-27-22(29)15-12-23-18-8-6-5-7-14(15)18/h5-12,23H,3-4H2,1-2H3,(H,26,28)(H,27,29). The molecule has 0 bridgehead atoms. The number of nitrogens with one attached hydrogen (secondary N) is 3. The van der Waals surface area contributed by atoms with Crippen molar-refractivity contribution in [3.05, 3.63) is 71.2 Å². The van der Waals surface area contributed by atoms with Gasteiger partial charge in [-0.25, -0.2) is 9.97 Å². The van der Waals surface area contributed by atoms with E-state index < -0.39 is 11.8 Å². The zero-order chi connectivity index (χ0) is 20.4. The van der Waals surface area contributed by atoms with E-state index in [1.54, 1.807) is 24.4 Å². The third kappa shape index (κ3) is 3.54. The maximum absolute atomic E-state index is 12.5. The van der Waals surface area contributed by atoms with E-state index in [2.05, 4.69) is 25.8 Å². The number of H-pyrrole nitrogens is 1. The van der Waals surface area contributed by atoms with Crippen LogP contribution < -0.4 is 10.9 Å². The molecular weight excluding hydrogens is 366 g/mol. The van der Waals surface area contributed by atoms with Gasteiger partial charge < -0.3 is 4.98 Å². The van der Waals surface area contributed by atoms with E-state index in [1.807, 2.05) is 38.1 Å². The van der Waals surface area contributed by atoms with Gasteiger partial charge in [-0.05, 0) is 37.1 Å². The summed E-state index contributed by atoms with van der Waals surface area (Å²) in [5.41, 5.74) is 9.98. The van der Waals surface area contributed by atoms with E-state index in [1.165, 1.54) is 0 Å². The molecule has 2 aromatic heterocycles. The lowest BCUT2D eigenvalue weighted by molar-refractivity contribution is 0.0847. The summed E-state index contributed by atoms with van der Waals surface area (Å²) in [7, 11) is 0. The average Bonchev–Trinajstić information content (AvgIpc) is 3.20. The van der Waals surface area contributed by atoms with E-state index in [4.69, 9.17) is 0 Å². The monoisotopic (exact) mass is 387 g/mol. The molecule has 4 aromatic rings. The molecule has 0 atom stereocenters. The third-order valence-electron chi connectivity index (χ3n) is 4.87. The number of aryl methyl sites for hydroxylation is 2. The number of hydrazine groups is 1. The molecule has 0 aliphatic rings. The van der Waals surface area contributed by atoms with E-state index in [-0.39, 0.29) is 0 Å². The molecule has 0 saturated heterocycles. The topological polar surface area (TPSA) is 99.8 Å². The second-order valence-corrected chi connectivity index (χ2v) is 6.68. The lowest BCUT2D eigenvalue weighted by Crippen LogP contribution is -2.41. The lowest BCUT2D eigenvalue weighted by Gasteiger charge is -2.09. The number of carbonyl (C=O) groups is 2. The van der Waals surface area contributed by atoms with Crippen molar-refractivity contribution in [2.24, 2.45) is 0 Å². The van der Waals surface area contributed by atoms with E-state index in [9.17, 15) is 9.59 Å². The van der Waals surface area contributed by atoms with Gasteiger partial charge in [0.05, 0.1) is 28.0 Å². The molecule has 0 radical (unpaired) electrons. The quantitative estimate of drug-likeness (QED) is 0.468. The largest absolute Gasteiger partial charge is 0.360 e.